The van der Waals surface area contributed by atoms with E-state index >= 15 is 4.39 Å². The Bertz CT molecular complexity index is 1500. The molecule has 2 saturated heterocycles. The molecule has 13 heteroatoms. The molecule has 1 aromatic carbocycles. The van der Waals surface area contributed by atoms with Crippen molar-refractivity contribution in [1.82, 2.24) is 24.5 Å². The van der Waals surface area contributed by atoms with Crippen molar-refractivity contribution in [3.05, 3.63) is 65.8 Å². The molecule has 0 bridgehead atoms. The first-order chi connectivity index (χ1) is 24.4. The topological polar surface area (TPSA) is 124 Å². The van der Waals surface area contributed by atoms with Gasteiger partial charge in [-0.05, 0) is 87.2 Å². The quantitative estimate of drug-likeness (QED) is 0.322. The molecule has 12 nitrogen and oxygen atoms in total. The van der Waals surface area contributed by atoms with E-state index in [0.29, 0.717) is 69.8 Å². The van der Waals surface area contributed by atoms with Crippen LogP contribution in [0, 0.1) is 17.7 Å². The fourth-order valence-electron chi connectivity index (χ4n) is 7.05. The van der Waals surface area contributed by atoms with Gasteiger partial charge in [-0.15, -0.1) is 0 Å². The molecule has 6 atom stereocenters. The van der Waals surface area contributed by atoms with Crippen LogP contribution >= 0.6 is 0 Å². The average molecular weight is 711 g/mol. The second-order valence-corrected chi connectivity index (χ2v) is 14.4. The van der Waals surface area contributed by atoms with Crippen LogP contribution in [0.25, 0.3) is 6.08 Å². The van der Waals surface area contributed by atoms with Crippen molar-refractivity contribution < 1.29 is 33.7 Å². The Hall–Kier alpha value is -3.78. The maximum absolute atomic E-state index is 15.0. The van der Waals surface area contributed by atoms with Gasteiger partial charge in [-0.25, -0.2) is 9.18 Å². The third-order valence-electron chi connectivity index (χ3n) is 10.2. The van der Waals surface area contributed by atoms with Crippen LogP contribution in [0.4, 0.5) is 14.9 Å². The highest BCUT2D eigenvalue weighted by Gasteiger charge is 2.29. The van der Waals surface area contributed by atoms with Crippen LogP contribution < -0.4 is 4.90 Å². The standard InChI is InChI=1S/C38H55FN6O6/c1-27-7-9-33(46)25-36(48)51-37(28(2)8-10-34(27)50-38(49)44-13-6-12-41(4)15-16-44)29(3)21-30-22-31(39)24-32(23-30)42-17-19-43(20-18-42)35(47)26-45-14-5-11-40-45/h5,8,10-11,14,21-24,27-28,33-35,37,46-47H,6-7,9,12-13,15-20,25-26H2,1-4H3/b10-8+,29-21+/t27-,28-,33+,34-,35?,37-/m0/s1. The maximum Gasteiger partial charge on any atom is 0.410 e. The van der Waals surface area contributed by atoms with E-state index in [9.17, 15) is 19.8 Å². The molecule has 280 valence electrons. The summed E-state index contributed by atoms with van der Waals surface area (Å²) in [6.45, 7) is 11.6. The van der Waals surface area contributed by atoms with Gasteiger partial charge in [-0.1, -0.05) is 26.0 Å². The van der Waals surface area contributed by atoms with E-state index in [-0.39, 0.29) is 30.2 Å². The zero-order valence-electron chi connectivity index (χ0n) is 30.4. The summed E-state index contributed by atoms with van der Waals surface area (Å²) in [5.41, 5.74) is 2.08. The van der Waals surface area contributed by atoms with Crippen LogP contribution in [-0.2, 0) is 20.8 Å². The highest BCUT2D eigenvalue weighted by atomic mass is 19.1. The van der Waals surface area contributed by atoms with Crippen LogP contribution in [0.15, 0.2) is 54.4 Å². The summed E-state index contributed by atoms with van der Waals surface area (Å²) in [4.78, 5) is 34.3. The monoisotopic (exact) mass is 710 g/mol. The molecule has 3 aliphatic heterocycles. The van der Waals surface area contributed by atoms with Gasteiger partial charge in [-0.3, -0.25) is 14.4 Å². The minimum atomic E-state index is -0.890. The van der Waals surface area contributed by atoms with Gasteiger partial charge in [0, 0.05) is 69.8 Å². The van der Waals surface area contributed by atoms with Crippen LogP contribution in [0.5, 0.6) is 0 Å². The molecule has 1 amide bonds. The average Bonchev–Trinajstić information content (AvgIpc) is 3.51. The van der Waals surface area contributed by atoms with Gasteiger partial charge in [0.2, 0.25) is 0 Å². The number of esters is 1. The van der Waals surface area contributed by atoms with Crippen LogP contribution in [0.1, 0.15) is 52.0 Å². The first kappa shape index (κ1) is 38.5. The van der Waals surface area contributed by atoms with Gasteiger partial charge >= 0.3 is 12.1 Å². The SMILES string of the molecule is C/C(=C\c1cc(F)cc(N2CCN(C(O)Cn3cccn3)CC2)c1)[C@H]1OC(=O)C[C@H](O)CC[C@H](C)[C@@H](OC(=O)N2CCCN(C)CC2)/C=C/[C@@H]1C. The van der Waals surface area contributed by atoms with Gasteiger partial charge in [-0.2, -0.15) is 5.10 Å². The Balaban J connectivity index is 1.30. The highest BCUT2D eigenvalue weighted by molar-refractivity contribution is 5.71. The molecule has 0 radical (unpaired) electrons. The number of carbonyl (C=O) groups is 2. The number of likely N-dealkylation sites (N-methyl/N-ethyl adjacent to an activating group) is 1. The fraction of sp³-hybridized carbons (Fsp3) is 0.605. The van der Waals surface area contributed by atoms with Crippen LogP contribution in [0.3, 0.4) is 0 Å². The minimum Gasteiger partial charge on any atom is -0.457 e. The number of ether oxygens (including phenoxy) is 2. The largest absolute Gasteiger partial charge is 0.457 e. The molecule has 4 heterocycles. The van der Waals surface area contributed by atoms with E-state index in [4.69, 9.17) is 9.47 Å². The van der Waals surface area contributed by atoms with Gasteiger partial charge in [0.15, 0.2) is 0 Å². The molecule has 5 rings (SSSR count). The van der Waals surface area contributed by atoms with Crippen molar-refractivity contribution in [2.24, 2.45) is 11.8 Å². The Kier molecular flexibility index (Phi) is 13.7. The van der Waals surface area contributed by atoms with E-state index in [1.54, 1.807) is 15.8 Å². The van der Waals surface area contributed by atoms with Crippen LogP contribution in [-0.4, -0.2) is 131 Å². The summed E-state index contributed by atoms with van der Waals surface area (Å²) in [6, 6.07) is 6.71. The van der Waals surface area contributed by atoms with Crippen molar-refractivity contribution in [2.75, 3.05) is 64.3 Å². The molecule has 2 fully saturated rings. The molecule has 1 unspecified atom stereocenters. The summed E-state index contributed by atoms with van der Waals surface area (Å²) >= 11 is 0. The van der Waals surface area contributed by atoms with E-state index < -0.39 is 30.5 Å². The van der Waals surface area contributed by atoms with E-state index in [1.165, 1.54) is 12.1 Å². The number of hydrogen-bond donors (Lipinski definition) is 2. The zero-order chi connectivity index (χ0) is 36.5. The minimum absolute atomic E-state index is 0.0838. The Morgan fingerprint density at radius 3 is 2.61 bits per heavy atom. The second kappa shape index (κ2) is 18.1. The molecule has 2 aromatic rings. The normalized spacial score (nSPS) is 27.9. The number of aromatic nitrogens is 2. The Labute approximate surface area is 301 Å². The number of carbonyl (C=O) groups excluding carboxylic acids is 2. The highest BCUT2D eigenvalue weighted by Crippen LogP contribution is 2.28. The summed E-state index contributed by atoms with van der Waals surface area (Å²) in [7, 11) is 2.05. The second-order valence-electron chi connectivity index (χ2n) is 14.4. The molecular weight excluding hydrogens is 655 g/mol. The molecule has 51 heavy (non-hydrogen) atoms. The van der Waals surface area contributed by atoms with Gasteiger partial charge in [0.1, 0.15) is 24.3 Å². The first-order valence-corrected chi connectivity index (χ1v) is 18.3. The number of cyclic esters (lactones) is 1. The lowest BCUT2D eigenvalue weighted by molar-refractivity contribution is -0.151. The predicted molar refractivity (Wildman–Crippen MR) is 193 cm³/mol. The summed E-state index contributed by atoms with van der Waals surface area (Å²) in [5, 5.41) is 25.6. The van der Waals surface area contributed by atoms with Crippen LogP contribution in [0.2, 0.25) is 0 Å². The van der Waals surface area contributed by atoms with Gasteiger partial charge in [0.05, 0.1) is 19.1 Å². The number of amides is 1. The predicted octanol–water partition coefficient (Wildman–Crippen LogP) is 3.99. The van der Waals surface area contributed by atoms with E-state index in [0.717, 1.165) is 25.2 Å². The lowest BCUT2D eigenvalue weighted by Gasteiger charge is -2.38. The van der Waals surface area contributed by atoms with E-state index in [2.05, 4.69) is 14.9 Å². The number of hydrogen-bond acceptors (Lipinski definition) is 10. The van der Waals surface area contributed by atoms with Crippen molar-refractivity contribution >= 4 is 23.8 Å². The molecule has 0 aliphatic carbocycles. The molecule has 0 saturated carbocycles. The van der Waals surface area contributed by atoms with Crippen molar-refractivity contribution in [2.45, 2.75) is 77.5 Å². The third-order valence-corrected chi connectivity index (χ3v) is 10.2. The van der Waals surface area contributed by atoms with Crippen molar-refractivity contribution in [3.8, 4) is 0 Å². The Morgan fingerprint density at radius 1 is 1.08 bits per heavy atom. The number of rotatable bonds is 7. The molecule has 2 N–H and O–H groups in total. The number of halogens is 1. The summed E-state index contributed by atoms with van der Waals surface area (Å²) in [6.07, 6.45) is 7.68. The van der Waals surface area contributed by atoms with Gasteiger partial charge < -0.3 is 34.4 Å². The molecule has 1 aromatic heterocycles. The van der Waals surface area contributed by atoms with Crippen molar-refractivity contribution in [1.29, 1.82) is 0 Å². The summed E-state index contributed by atoms with van der Waals surface area (Å²) < 4.78 is 28.8. The number of nitrogens with zero attached hydrogens (tertiary/aromatic N) is 6. The number of piperazine rings is 1. The smallest absolute Gasteiger partial charge is 0.410 e. The fourth-order valence-corrected chi connectivity index (χ4v) is 7.05. The molecular formula is C38H55FN6O6. The molecule has 0 spiro atoms. The lowest BCUT2D eigenvalue weighted by atomic mass is 9.91. The van der Waals surface area contributed by atoms with Crippen molar-refractivity contribution in [3.63, 3.8) is 0 Å². The van der Waals surface area contributed by atoms with Gasteiger partial charge in [0.25, 0.3) is 0 Å². The number of anilines is 1. The molecule has 3 aliphatic rings. The number of benzene rings is 1. The lowest BCUT2D eigenvalue weighted by Crippen LogP contribution is -2.51. The maximum atomic E-state index is 15.0. The van der Waals surface area contributed by atoms with E-state index in [1.807, 2.05) is 69.3 Å². The zero-order valence-corrected chi connectivity index (χ0v) is 30.4. The third kappa shape index (κ3) is 11.1. The first-order valence-electron chi connectivity index (χ1n) is 18.3. The number of aliphatic hydroxyl groups is 2. The Morgan fingerprint density at radius 2 is 1.86 bits per heavy atom. The number of aliphatic hydroxyl groups excluding tert-OH is 2. The summed E-state index contributed by atoms with van der Waals surface area (Å²) in [5.74, 6) is -1.28.